The van der Waals surface area contributed by atoms with Gasteiger partial charge < -0.3 is 10.6 Å². The van der Waals surface area contributed by atoms with E-state index in [2.05, 4.69) is 39.7 Å². The van der Waals surface area contributed by atoms with Crippen molar-refractivity contribution in [3.05, 3.63) is 76.0 Å². The Bertz CT molecular complexity index is 891. The fourth-order valence-corrected chi connectivity index (χ4v) is 3.11. The van der Waals surface area contributed by atoms with E-state index in [1.54, 1.807) is 11.4 Å². The first-order valence-corrected chi connectivity index (χ1v) is 9.06. The number of nitrogens with zero attached hydrogens (tertiary/aromatic N) is 2. The standard InChI is InChI=1S/C19H18N4O2S/c1-2-13-3-5-14(6-4-13)11-22-19(25)17-15(7-10-26-17)23-18(24)16-12-20-8-9-21-16/h3-10,12H,2,11H2,1H3,(H,22,25)(H,23,24). The number of rotatable bonds is 6. The zero-order chi connectivity index (χ0) is 18.4. The molecule has 3 aromatic rings. The van der Waals surface area contributed by atoms with Crippen LogP contribution in [0.3, 0.4) is 0 Å². The van der Waals surface area contributed by atoms with E-state index in [-0.39, 0.29) is 11.6 Å². The van der Waals surface area contributed by atoms with Crippen LogP contribution in [0.25, 0.3) is 0 Å². The number of hydrogen-bond donors (Lipinski definition) is 2. The van der Waals surface area contributed by atoms with Crippen molar-refractivity contribution in [2.75, 3.05) is 5.32 Å². The fourth-order valence-electron chi connectivity index (χ4n) is 2.34. The first-order chi connectivity index (χ1) is 12.7. The fraction of sp³-hybridized carbons (Fsp3) is 0.158. The molecule has 7 heteroatoms. The highest BCUT2D eigenvalue weighted by Gasteiger charge is 2.16. The van der Waals surface area contributed by atoms with E-state index in [0.29, 0.717) is 17.1 Å². The van der Waals surface area contributed by atoms with E-state index in [1.807, 2.05) is 12.1 Å². The lowest BCUT2D eigenvalue weighted by atomic mass is 10.1. The van der Waals surface area contributed by atoms with Crippen molar-refractivity contribution in [2.45, 2.75) is 19.9 Å². The van der Waals surface area contributed by atoms with Gasteiger partial charge in [0.25, 0.3) is 11.8 Å². The first-order valence-electron chi connectivity index (χ1n) is 8.18. The van der Waals surface area contributed by atoms with E-state index < -0.39 is 5.91 Å². The van der Waals surface area contributed by atoms with E-state index in [9.17, 15) is 9.59 Å². The van der Waals surface area contributed by atoms with E-state index in [4.69, 9.17) is 0 Å². The second kappa shape index (κ2) is 8.35. The van der Waals surface area contributed by atoms with Gasteiger partial charge in [0.15, 0.2) is 0 Å². The van der Waals surface area contributed by atoms with Crippen LogP contribution in [0.5, 0.6) is 0 Å². The van der Waals surface area contributed by atoms with Crippen molar-refractivity contribution in [1.82, 2.24) is 15.3 Å². The molecule has 0 aliphatic rings. The summed E-state index contributed by atoms with van der Waals surface area (Å²) in [6.45, 7) is 2.53. The molecule has 0 atom stereocenters. The van der Waals surface area contributed by atoms with E-state index in [1.165, 1.54) is 35.5 Å². The second-order valence-electron chi connectivity index (χ2n) is 5.56. The SMILES string of the molecule is CCc1ccc(CNC(=O)c2sccc2NC(=O)c2cnccn2)cc1. The minimum Gasteiger partial charge on any atom is -0.347 e. The molecule has 0 unspecified atom stereocenters. The Labute approximate surface area is 155 Å². The summed E-state index contributed by atoms with van der Waals surface area (Å²) in [5, 5.41) is 7.35. The van der Waals surface area contributed by atoms with Crippen LogP contribution >= 0.6 is 11.3 Å². The van der Waals surface area contributed by atoms with Crippen LogP contribution in [0.4, 0.5) is 5.69 Å². The summed E-state index contributed by atoms with van der Waals surface area (Å²) in [6.07, 6.45) is 5.30. The normalized spacial score (nSPS) is 10.3. The zero-order valence-electron chi connectivity index (χ0n) is 14.2. The molecule has 0 spiro atoms. The van der Waals surface area contributed by atoms with Gasteiger partial charge in [0.2, 0.25) is 0 Å². The van der Waals surface area contributed by atoms with Gasteiger partial charge in [-0.1, -0.05) is 31.2 Å². The highest BCUT2D eigenvalue weighted by atomic mass is 32.1. The molecule has 0 saturated carbocycles. The van der Waals surface area contributed by atoms with Gasteiger partial charge >= 0.3 is 0 Å². The highest BCUT2D eigenvalue weighted by molar-refractivity contribution is 7.12. The predicted molar refractivity (Wildman–Crippen MR) is 101 cm³/mol. The third-order valence-corrected chi connectivity index (χ3v) is 4.71. The Morgan fingerprint density at radius 2 is 1.81 bits per heavy atom. The van der Waals surface area contributed by atoms with Gasteiger partial charge in [0.1, 0.15) is 10.6 Å². The Morgan fingerprint density at radius 3 is 2.50 bits per heavy atom. The number of nitrogens with one attached hydrogen (secondary N) is 2. The third-order valence-electron chi connectivity index (χ3n) is 3.80. The minimum atomic E-state index is -0.402. The first kappa shape index (κ1) is 17.8. The molecule has 2 heterocycles. The van der Waals surface area contributed by atoms with Gasteiger partial charge in [0, 0.05) is 18.9 Å². The number of carbonyl (C=O) groups is 2. The smallest absolute Gasteiger partial charge is 0.275 e. The summed E-state index contributed by atoms with van der Waals surface area (Å²) in [4.78, 5) is 32.9. The third kappa shape index (κ3) is 4.31. The minimum absolute atomic E-state index is 0.195. The topological polar surface area (TPSA) is 84.0 Å². The molecule has 3 rings (SSSR count). The number of aryl methyl sites for hydroxylation is 1. The monoisotopic (exact) mass is 366 g/mol. The molecule has 0 aliphatic carbocycles. The second-order valence-corrected chi connectivity index (χ2v) is 6.48. The van der Waals surface area contributed by atoms with Crippen LogP contribution in [0.15, 0.2) is 54.3 Å². The lowest BCUT2D eigenvalue weighted by Crippen LogP contribution is -2.23. The molecule has 1 aromatic carbocycles. The maximum Gasteiger partial charge on any atom is 0.275 e. The molecule has 2 N–H and O–H groups in total. The van der Waals surface area contributed by atoms with Crippen LogP contribution in [0.2, 0.25) is 0 Å². The van der Waals surface area contributed by atoms with Crippen molar-refractivity contribution in [3.63, 3.8) is 0 Å². The number of thiophene rings is 1. The Morgan fingerprint density at radius 1 is 1.04 bits per heavy atom. The van der Waals surface area contributed by atoms with Gasteiger partial charge in [-0.25, -0.2) is 4.98 Å². The summed E-state index contributed by atoms with van der Waals surface area (Å²) in [6, 6.07) is 9.82. The maximum absolute atomic E-state index is 12.5. The lowest BCUT2D eigenvalue weighted by molar-refractivity contribution is 0.0955. The van der Waals surface area contributed by atoms with Crippen LogP contribution in [0, 0.1) is 0 Å². The molecular formula is C19H18N4O2S. The quantitative estimate of drug-likeness (QED) is 0.701. The molecule has 0 aliphatic heterocycles. The Kier molecular flexibility index (Phi) is 5.70. The van der Waals surface area contributed by atoms with E-state index in [0.717, 1.165) is 12.0 Å². The number of hydrogen-bond acceptors (Lipinski definition) is 5. The zero-order valence-corrected chi connectivity index (χ0v) is 15.0. The molecule has 0 fully saturated rings. The number of anilines is 1. The van der Waals surface area contributed by atoms with Gasteiger partial charge in [-0.15, -0.1) is 11.3 Å². The van der Waals surface area contributed by atoms with Crippen molar-refractivity contribution in [3.8, 4) is 0 Å². The maximum atomic E-state index is 12.5. The van der Waals surface area contributed by atoms with Crippen molar-refractivity contribution < 1.29 is 9.59 Å². The molecule has 26 heavy (non-hydrogen) atoms. The predicted octanol–water partition coefficient (Wildman–Crippen LogP) is 3.28. The number of aromatic nitrogens is 2. The molecule has 2 amide bonds. The summed E-state index contributed by atoms with van der Waals surface area (Å²) in [7, 11) is 0. The molecule has 2 aromatic heterocycles. The number of benzene rings is 1. The Balaban J connectivity index is 1.63. The number of amides is 2. The average molecular weight is 366 g/mol. The van der Waals surface area contributed by atoms with Crippen LogP contribution in [-0.2, 0) is 13.0 Å². The van der Waals surface area contributed by atoms with Gasteiger partial charge in [-0.3, -0.25) is 14.6 Å². The lowest BCUT2D eigenvalue weighted by Gasteiger charge is -2.08. The van der Waals surface area contributed by atoms with Crippen LogP contribution in [-0.4, -0.2) is 21.8 Å². The summed E-state index contributed by atoms with van der Waals surface area (Å²) < 4.78 is 0. The Hall–Kier alpha value is -3.06. The molecular weight excluding hydrogens is 348 g/mol. The van der Waals surface area contributed by atoms with Crippen molar-refractivity contribution >= 4 is 28.8 Å². The molecule has 0 radical (unpaired) electrons. The summed E-state index contributed by atoms with van der Waals surface area (Å²) in [5.74, 6) is -0.630. The van der Waals surface area contributed by atoms with Gasteiger partial charge in [-0.2, -0.15) is 0 Å². The largest absolute Gasteiger partial charge is 0.347 e. The molecule has 6 nitrogen and oxygen atoms in total. The van der Waals surface area contributed by atoms with E-state index >= 15 is 0 Å². The average Bonchev–Trinajstić information content (AvgIpc) is 3.15. The van der Waals surface area contributed by atoms with Crippen molar-refractivity contribution in [2.24, 2.45) is 0 Å². The molecule has 132 valence electrons. The molecule has 0 saturated heterocycles. The summed E-state index contributed by atoms with van der Waals surface area (Å²) in [5.41, 5.74) is 2.94. The number of carbonyl (C=O) groups excluding carboxylic acids is 2. The van der Waals surface area contributed by atoms with Crippen LogP contribution < -0.4 is 10.6 Å². The van der Waals surface area contributed by atoms with Crippen LogP contribution in [0.1, 0.15) is 38.2 Å². The van der Waals surface area contributed by atoms with Gasteiger partial charge in [0.05, 0.1) is 11.9 Å². The van der Waals surface area contributed by atoms with Crippen molar-refractivity contribution in [1.29, 1.82) is 0 Å². The molecule has 0 bridgehead atoms. The highest BCUT2D eigenvalue weighted by Crippen LogP contribution is 2.22. The van der Waals surface area contributed by atoms with Gasteiger partial charge in [-0.05, 0) is 29.0 Å². The summed E-state index contributed by atoms with van der Waals surface area (Å²) >= 11 is 1.27.